The minimum absolute atomic E-state index is 0.0874. The first-order valence-corrected chi connectivity index (χ1v) is 6.17. The highest BCUT2D eigenvalue weighted by Gasteiger charge is 2.28. The van der Waals surface area contributed by atoms with Gasteiger partial charge in [0.05, 0.1) is 6.04 Å². The highest BCUT2D eigenvalue weighted by Crippen LogP contribution is 2.29. The molecule has 0 radical (unpaired) electrons. The monoisotopic (exact) mass is 226 g/mol. The first kappa shape index (κ1) is 11.8. The van der Waals surface area contributed by atoms with E-state index in [2.05, 4.69) is 15.2 Å². The molecule has 2 aliphatic rings. The van der Waals surface area contributed by atoms with Crippen molar-refractivity contribution >= 4 is 5.91 Å². The molecule has 1 atom stereocenters. The van der Waals surface area contributed by atoms with Crippen molar-refractivity contribution in [2.75, 3.05) is 32.7 Å². The number of hydrogen-bond donors (Lipinski definition) is 2. The number of nitrogens with zero attached hydrogens (tertiary/aromatic N) is 2. The molecule has 1 heterocycles. The fourth-order valence-corrected chi connectivity index (χ4v) is 2.29. The summed E-state index contributed by atoms with van der Waals surface area (Å²) in [5, 5.41) is 0. The Morgan fingerprint density at radius 3 is 2.50 bits per heavy atom. The molecule has 1 aliphatic carbocycles. The number of hydrogen-bond acceptors (Lipinski definition) is 4. The molecule has 5 heteroatoms. The van der Waals surface area contributed by atoms with Gasteiger partial charge in [-0.05, 0) is 25.7 Å². The maximum absolute atomic E-state index is 11.4. The average molecular weight is 226 g/mol. The van der Waals surface area contributed by atoms with Crippen molar-refractivity contribution in [2.24, 2.45) is 11.8 Å². The van der Waals surface area contributed by atoms with Gasteiger partial charge in [0.1, 0.15) is 0 Å². The van der Waals surface area contributed by atoms with E-state index in [1.165, 1.54) is 19.4 Å². The Morgan fingerprint density at radius 2 is 2.00 bits per heavy atom. The second-order valence-corrected chi connectivity index (χ2v) is 4.96. The number of hydrazine groups is 1. The molecule has 0 aromatic rings. The number of rotatable bonds is 4. The Kier molecular flexibility index (Phi) is 3.78. The van der Waals surface area contributed by atoms with Crippen LogP contribution in [0.1, 0.15) is 19.8 Å². The number of nitrogens with two attached hydrogens (primary N) is 1. The molecule has 5 nitrogen and oxygen atoms in total. The predicted octanol–water partition coefficient (Wildman–Crippen LogP) is -0.608. The minimum atomic E-state index is -0.104. The zero-order valence-corrected chi connectivity index (χ0v) is 9.98. The standard InChI is InChI=1S/C11H22N4O/c1-9(11(16)13-12)15-6-4-14(5-7-15)8-10-2-3-10/h9-10H,2-8,12H2,1H3,(H,13,16). The summed E-state index contributed by atoms with van der Waals surface area (Å²) in [6.45, 7) is 7.28. The van der Waals surface area contributed by atoms with Gasteiger partial charge in [0.25, 0.3) is 5.91 Å². The van der Waals surface area contributed by atoms with Crippen molar-refractivity contribution < 1.29 is 4.79 Å². The van der Waals surface area contributed by atoms with Crippen LogP contribution in [0.5, 0.6) is 0 Å². The first-order chi connectivity index (χ1) is 7.70. The summed E-state index contributed by atoms with van der Waals surface area (Å²) in [6.07, 6.45) is 2.82. The van der Waals surface area contributed by atoms with Gasteiger partial charge >= 0.3 is 0 Å². The summed E-state index contributed by atoms with van der Waals surface area (Å²) in [6, 6.07) is -0.104. The molecular formula is C11H22N4O. The molecule has 16 heavy (non-hydrogen) atoms. The lowest BCUT2D eigenvalue weighted by Gasteiger charge is -2.37. The molecule has 1 unspecified atom stereocenters. The zero-order valence-electron chi connectivity index (χ0n) is 9.98. The normalized spacial score (nSPS) is 25.4. The van der Waals surface area contributed by atoms with Crippen molar-refractivity contribution in [3.8, 4) is 0 Å². The maximum atomic E-state index is 11.4. The van der Waals surface area contributed by atoms with Gasteiger partial charge in [-0.1, -0.05) is 0 Å². The Hall–Kier alpha value is -0.650. The van der Waals surface area contributed by atoms with Gasteiger partial charge in [0, 0.05) is 32.7 Å². The van der Waals surface area contributed by atoms with Crippen LogP contribution < -0.4 is 11.3 Å². The third-order valence-electron chi connectivity index (χ3n) is 3.69. The second kappa shape index (κ2) is 5.12. The molecule has 1 aliphatic heterocycles. The minimum Gasteiger partial charge on any atom is -0.301 e. The summed E-state index contributed by atoms with van der Waals surface area (Å²) in [5.74, 6) is 6.01. The summed E-state index contributed by atoms with van der Waals surface area (Å²) in [4.78, 5) is 16.1. The number of nitrogens with one attached hydrogen (secondary N) is 1. The van der Waals surface area contributed by atoms with Gasteiger partial charge in [-0.25, -0.2) is 5.84 Å². The third-order valence-corrected chi connectivity index (χ3v) is 3.69. The van der Waals surface area contributed by atoms with E-state index >= 15 is 0 Å². The lowest BCUT2D eigenvalue weighted by atomic mass is 10.2. The molecule has 92 valence electrons. The van der Waals surface area contributed by atoms with E-state index < -0.39 is 0 Å². The fraction of sp³-hybridized carbons (Fsp3) is 0.909. The molecule has 2 rings (SSSR count). The number of piperazine rings is 1. The molecule has 0 aromatic heterocycles. The molecule has 0 spiro atoms. The van der Waals surface area contributed by atoms with Crippen molar-refractivity contribution in [3.63, 3.8) is 0 Å². The van der Waals surface area contributed by atoms with Crippen molar-refractivity contribution in [1.29, 1.82) is 0 Å². The largest absolute Gasteiger partial charge is 0.301 e. The fourth-order valence-electron chi connectivity index (χ4n) is 2.29. The van der Waals surface area contributed by atoms with Gasteiger partial charge in [-0.15, -0.1) is 0 Å². The van der Waals surface area contributed by atoms with Crippen LogP contribution in [-0.4, -0.2) is 54.5 Å². The third kappa shape index (κ3) is 2.93. The summed E-state index contributed by atoms with van der Waals surface area (Å²) in [7, 11) is 0. The van der Waals surface area contributed by atoms with Crippen LogP contribution >= 0.6 is 0 Å². The maximum Gasteiger partial charge on any atom is 0.250 e. The van der Waals surface area contributed by atoms with Gasteiger partial charge in [-0.2, -0.15) is 0 Å². The van der Waals surface area contributed by atoms with Gasteiger partial charge < -0.3 is 4.90 Å². The SMILES string of the molecule is CC(C(=O)NN)N1CCN(CC2CC2)CC1. The molecule has 1 amide bonds. The van der Waals surface area contributed by atoms with Crippen LogP contribution in [0.2, 0.25) is 0 Å². The van der Waals surface area contributed by atoms with Crippen LogP contribution in [0.4, 0.5) is 0 Å². The Balaban J connectivity index is 1.73. The molecule has 1 saturated heterocycles. The highest BCUT2D eigenvalue weighted by atomic mass is 16.2. The smallest absolute Gasteiger partial charge is 0.250 e. The van der Waals surface area contributed by atoms with E-state index in [1.807, 2.05) is 6.92 Å². The van der Waals surface area contributed by atoms with Crippen LogP contribution in [-0.2, 0) is 4.79 Å². The molecule has 0 aromatic carbocycles. The highest BCUT2D eigenvalue weighted by molar-refractivity contribution is 5.80. The van der Waals surface area contributed by atoms with E-state index in [0.29, 0.717) is 0 Å². The molecule has 1 saturated carbocycles. The van der Waals surface area contributed by atoms with Crippen LogP contribution in [0.25, 0.3) is 0 Å². The summed E-state index contributed by atoms with van der Waals surface area (Å²) < 4.78 is 0. The van der Waals surface area contributed by atoms with E-state index in [9.17, 15) is 4.79 Å². The lowest BCUT2D eigenvalue weighted by molar-refractivity contribution is -0.126. The molecule has 2 fully saturated rings. The van der Waals surface area contributed by atoms with Crippen LogP contribution in [0.3, 0.4) is 0 Å². The molecular weight excluding hydrogens is 204 g/mol. The van der Waals surface area contributed by atoms with E-state index in [1.54, 1.807) is 0 Å². The lowest BCUT2D eigenvalue weighted by Crippen LogP contribution is -2.54. The van der Waals surface area contributed by atoms with E-state index in [-0.39, 0.29) is 11.9 Å². The van der Waals surface area contributed by atoms with Gasteiger partial charge in [0.2, 0.25) is 0 Å². The van der Waals surface area contributed by atoms with E-state index in [0.717, 1.165) is 32.1 Å². The number of carbonyl (C=O) groups is 1. The van der Waals surface area contributed by atoms with Crippen molar-refractivity contribution in [3.05, 3.63) is 0 Å². The topological polar surface area (TPSA) is 61.6 Å². The zero-order chi connectivity index (χ0) is 11.5. The number of carbonyl (C=O) groups excluding carboxylic acids is 1. The number of amides is 1. The summed E-state index contributed by atoms with van der Waals surface area (Å²) >= 11 is 0. The second-order valence-electron chi connectivity index (χ2n) is 4.96. The summed E-state index contributed by atoms with van der Waals surface area (Å²) in [5.41, 5.74) is 2.22. The molecule has 3 N–H and O–H groups in total. The quantitative estimate of drug-likeness (QED) is 0.381. The first-order valence-electron chi connectivity index (χ1n) is 6.17. The van der Waals surface area contributed by atoms with Crippen LogP contribution in [0, 0.1) is 5.92 Å². The van der Waals surface area contributed by atoms with Crippen molar-refractivity contribution in [1.82, 2.24) is 15.2 Å². The van der Waals surface area contributed by atoms with Gasteiger partial charge in [-0.3, -0.25) is 15.1 Å². The van der Waals surface area contributed by atoms with Crippen LogP contribution in [0.15, 0.2) is 0 Å². The average Bonchev–Trinajstić information content (AvgIpc) is 3.12. The van der Waals surface area contributed by atoms with Gasteiger partial charge in [0.15, 0.2) is 0 Å². The Morgan fingerprint density at radius 1 is 1.38 bits per heavy atom. The predicted molar refractivity (Wildman–Crippen MR) is 62.5 cm³/mol. The Bertz CT molecular complexity index is 246. The Labute approximate surface area is 96.9 Å². The van der Waals surface area contributed by atoms with Crippen molar-refractivity contribution in [2.45, 2.75) is 25.8 Å². The molecule has 0 bridgehead atoms. The van der Waals surface area contributed by atoms with E-state index in [4.69, 9.17) is 5.84 Å².